The first-order valence-electron chi connectivity index (χ1n) is 8.29. The lowest BCUT2D eigenvalue weighted by molar-refractivity contribution is -0.135. The van der Waals surface area contributed by atoms with Crippen LogP contribution in [-0.4, -0.2) is 77.8 Å². The Morgan fingerprint density at radius 3 is 2.92 bits per heavy atom. The molecule has 24 heavy (non-hydrogen) atoms. The molecule has 0 radical (unpaired) electrons. The number of ether oxygens (including phenoxy) is 2. The molecule has 2 amide bonds. The zero-order chi connectivity index (χ0) is 17.3. The van der Waals surface area contributed by atoms with E-state index in [-0.39, 0.29) is 30.6 Å². The fourth-order valence-corrected chi connectivity index (χ4v) is 3.32. The molecule has 1 fully saturated rings. The van der Waals surface area contributed by atoms with Crippen LogP contribution in [0.4, 0.5) is 0 Å². The number of H-pyrrole nitrogens is 1. The van der Waals surface area contributed by atoms with Gasteiger partial charge in [-0.25, -0.2) is 0 Å². The summed E-state index contributed by atoms with van der Waals surface area (Å²) in [5.74, 6) is -0.241. The van der Waals surface area contributed by atoms with Gasteiger partial charge < -0.3 is 19.3 Å². The van der Waals surface area contributed by atoms with Crippen molar-refractivity contribution in [3.8, 4) is 0 Å². The summed E-state index contributed by atoms with van der Waals surface area (Å²) < 4.78 is 10.8. The van der Waals surface area contributed by atoms with Crippen LogP contribution in [0.3, 0.4) is 0 Å². The van der Waals surface area contributed by atoms with Crippen LogP contribution in [0.1, 0.15) is 41.7 Å². The van der Waals surface area contributed by atoms with Crippen molar-refractivity contribution in [2.45, 2.75) is 32.5 Å². The van der Waals surface area contributed by atoms with E-state index in [1.54, 1.807) is 16.9 Å². The second-order valence-corrected chi connectivity index (χ2v) is 6.36. The minimum absolute atomic E-state index is 0.0455. The Morgan fingerprint density at radius 1 is 1.42 bits per heavy atom. The normalized spacial score (nSPS) is 24.2. The van der Waals surface area contributed by atoms with Crippen molar-refractivity contribution in [1.82, 2.24) is 20.0 Å². The summed E-state index contributed by atoms with van der Waals surface area (Å²) in [7, 11) is 1.61. The van der Waals surface area contributed by atoms with Gasteiger partial charge >= 0.3 is 0 Å². The summed E-state index contributed by atoms with van der Waals surface area (Å²) in [5, 5.41) is 7.14. The first-order chi connectivity index (χ1) is 11.5. The van der Waals surface area contributed by atoms with Crippen molar-refractivity contribution in [2.24, 2.45) is 0 Å². The second-order valence-electron chi connectivity index (χ2n) is 6.36. The van der Waals surface area contributed by atoms with Gasteiger partial charge in [-0.3, -0.25) is 14.7 Å². The predicted molar refractivity (Wildman–Crippen MR) is 85.6 cm³/mol. The van der Waals surface area contributed by atoms with Gasteiger partial charge in [0.15, 0.2) is 5.69 Å². The molecule has 0 unspecified atom stereocenters. The summed E-state index contributed by atoms with van der Waals surface area (Å²) in [6.45, 7) is 6.11. The molecule has 3 rings (SSSR count). The van der Waals surface area contributed by atoms with E-state index in [0.29, 0.717) is 38.4 Å². The van der Waals surface area contributed by atoms with Crippen LogP contribution in [0.25, 0.3) is 0 Å². The smallest absolute Gasteiger partial charge is 0.275 e. The molecule has 1 aromatic rings. The SMILES string of the molecule is COCCN1CCN(C(=O)c2n[nH]c3c2C[C@H](C)O[C@@H]3C)CC1=O. The summed E-state index contributed by atoms with van der Waals surface area (Å²) in [4.78, 5) is 28.3. The van der Waals surface area contributed by atoms with Gasteiger partial charge in [-0.15, -0.1) is 0 Å². The van der Waals surface area contributed by atoms with Crippen LogP contribution < -0.4 is 0 Å². The molecule has 0 aliphatic carbocycles. The molecule has 0 saturated carbocycles. The third kappa shape index (κ3) is 3.16. The number of aromatic amines is 1. The van der Waals surface area contributed by atoms with Crippen molar-refractivity contribution in [2.75, 3.05) is 39.9 Å². The Hall–Kier alpha value is -1.93. The molecule has 2 atom stereocenters. The largest absolute Gasteiger partial charge is 0.383 e. The fraction of sp³-hybridized carbons (Fsp3) is 0.688. The van der Waals surface area contributed by atoms with E-state index in [1.165, 1.54) is 0 Å². The highest BCUT2D eigenvalue weighted by molar-refractivity contribution is 5.97. The lowest BCUT2D eigenvalue weighted by Gasteiger charge is -2.34. The molecule has 8 heteroatoms. The van der Waals surface area contributed by atoms with Gasteiger partial charge in [-0.05, 0) is 13.8 Å². The average molecular weight is 336 g/mol. The number of fused-ring (bicyclic) bond motifs is 1. The number of aromatic nitrogens is 2. The Balaban J connectivity index is 1.71. The van der Waals surface area contributed by atoms with Crippen LogP contribution in [0.15, 0.2) is 0 Å². The molecule has 3 heterocycles. The van der Waals surface area contributed by atoms with Gasteiger partial charge in [0.2, 0.25) is 5.91 Å². The highest BCUT2D eigenvalue weighted by atomic mass is 16.5. The third-order valence-corrected chi connectivity index (χ3v) is 4.61. The van der Waals surface area contributed by atoms with Crippen LogP contribution in [0.2, 0.25) is 0 Å². The van der Waals surface area contributed by atoms with E-state index in [4.69, 9.17) is 9.47 Å². The summed E-state index contributed by atoms with van der Waals surface area (Å²) in [6.07, 6.45) is 0.591. The molecule has 8 nitrogen and oxygen atoms in total. The van der Waals surface area contributed by atoms with Crippen LogP contribution >= 0.6 is 0 Å². The number of carbonyl (C=O) groups excluding carboxylic acids is 2. The molecular weight excluding hydrogens is 312 g/mol. The van der Waals surface area contributed by atoms with E-state index in [9.17, 15) is 9.59 Å². The molecule has 0 bridgehead atoms. The van der Waals surface area contributed by atoms with E-state index in [2.05, 4.69) is 10.2 Å². The summed E-state index contributed by atoms with van der Waals surface area (Å²) in [6, 6.07) is 0. The monoisotopic (exact) mass is 336 g/mol. The van der Waals surface area contributed by atoms with E-state index in [0.717, 1.165) is 11.3 Å². The summed E-state index contributed by atoms with van der Waals surface area (Å²) in [5.41, 5.74) is 2.20. The zero-order valence-electron chi connectivity index (χ0n) is 14.4. The Kier molecular flexibility index (Phi) is 4.86. The highest BCUT2D eigenvalue weighted by Gasteiger charge is 2.34. The van der Waals surface area contributed by atoms with E-state index in [1.807, 2.05) is 13.8 Å². The maximum Gasteiger partial charge on any atom is 0.275 e. The highest BCUT2D eigenvalue weighted by Crippen LogP contribution is 2.30. The summed E-state index contributed by atoms with van der Waals surface area (Å²) >= 11 is 0. The minimum Gasteiger partial charge on any atom is -0.383 e. The number of hydrogen-bond donors (Lipinski definition) is 1. The number of carbonyl (C=O) groups is 2. The number of nitrogens with one attached hydrogen (secondary N) is 1. The maximum absolute atomic E-state index is 12.8. The Morgan fingerprint density at radius 2 is 2.21 bits per heavy atom. The molecule has 2 aliphatic heterocycles. The third-order valence-electron chi connectivity index (χ3n) is 4.61. The maximum atomic E-state index is 12.8. The molecule has 0 aromatic carbocycles. The van der Waals surface area contributed by atoms with Gasteiger partial charge in [-0.1, -0.05) is 0 Å². The van der Waals surface area contributed by atoms with Crippen molar-refractivity contribution < 1.29 is 19.1 Å². The van der Waals surface area contributed by atoms with Crippen molar-refractivity contribution in [3.05, 3.63) is 17.0 Å². The molecule has 1 aromatic heterocycles. The minimum atomic E-state index is -0.187. The van der Waals surface area contributed by atoms with Crippen molar-refractivity contribution >= 4 is 11.8 Å². The molecule has 0 spiro atoms. The lowest BCUT2D eigenvalue weighted by atomic mass is 9.99. The second kappa shape index (κ2) is 6.90. The average Bonchev–Trinajstić information content (AvgIpc) is 2.97. The number of rotatable bonds is 4. The first-order valence-corrected chi connectivity index (χ1v) is 8.29. The molecule has 1 N–H and O–H groups in total. The number of hydrogen-bond acceptors (Lipinski definition) is 5. The topological polar surface area (TPSA) is 87.8 Å². The van der Waals surface area contributed by atoms with Crippen molar-refractivity contribution in [1.29, 1.82) is 0 Å². The fourth-order valence-electron chi connectivity index (χ4n) is 3.32. The van der Waals surface area contributed by atoms with E-state index < -0.39 is 0 Å². The molecule has 132 valence electrons. The number of piperazine rings is 1. The standard InChI is InChI=1S/C16H24N4O4/c1-10-8-12-14(11(2)24-10)17-18-15(12)16(22)20-5-4-19(6-7-23-3)13(21)9-20/h10-11H,4-9H2,1-3H3,(H,17,18)/t10-,11+/m0/s1. The van der Waals surface area contributed by atoms with Gasteiger partial charge in [0.1, 0.15) is 6.54 Å². The quantitative estimate of drug-likeness (QED) is 0.858. The molecule has 2 aliphatic rings. The van der Waals surface area contributed by atoms with Crippen molar-refractivity contribution in [3.63, 3.8) is 0 Å². The molecule has 1 saturated heterocycles. The predicted octanol–water partition coefficient (Wildman–Crippen LogP) is 0.363. The first kappa shape index (κ1) is 16.9. The lowest BCUT2D eigenvalue weighted by Crippen LogP contribution is -2.53. The number of nitrogens with zero attached hydrogens (tertiary/aromatic N) is 3. The van der Waals surface area contributed by atoms with Gasteiger partial charge in [0.25, 0.3) is 5.91 Å². The van der Waals surface area contributed by atoms with Gasteiger partial charge in [0, 0.05) is 38.7 Å². The number of amides is 2. The zero-order valence-corrected chi connectivity index (χ0v) is 14.4. The Labute approximate surface area is 141 Å². The number of methoxy groups -OCH3 is 1. The van der Waals surface area contributed by atoms with Gasteiger partial charge in [-0.2, -0.15) is 5.10 Å². The van der Waals surface area contributed by atoms with E-state index >= 15 is 0 Å². The Bertz CT molecular complexity index is 630. The van der Waals surface area contributed by atoms with Crippen LogP contribution in [-0.2, 0) is 20.7 Å². The molecular formula is C16H24N4O4. The van der Waals surface area contributed by atoms with Crippen LogP contribution in [0.5, 0.6) is 0 Å². The van der Waals surface area contributed by atoms with Gasteiger partial charge in [0.05, 0.1) is 24.5 Å². The van der Waals surface area contributed by atoms with Crippen LogP contribution in [0, 0.1) is 0 Å².